The van der Waals surface area contributed by atoms with Gasteiger partial charge < -0.3 is 0 Å². The van der Waals surface area contributed by atoms with Crippen LogP contribution in [-0.2, 0) is 9.59 Å². The summed E-state index contributed by atoms with van der Waals surface area (Å²) in [5, 5.41) is 0. The molecule has 0 aromatic rings. The van der Waals surface area contributed by atoms with Crippen molar-refractivity contribution in [3.63, 3.8) is 0 Å². The molecule has 0 saturated heterocycles. The maximum Gasteiger partial charge on any atom is 0.230 e. The summed E-state index contributed by atoms with van der Waals surface area (Å²) in [7, 11) is 3.95. The first-order valence-corrected chi connectivity index (χ1v) is 14.3. The van der Waals surface area contributed by atoms with Gasteiger partial charge in [0.1, 0.15) is 0 Å². The summed E-state index contributed by atoms with van der Waals surface area (Å²) in [6.07, 6.45) is 18.2. The van der Waals surface area contributed by atoms with Crippen LogP contribution in [-0.4, -0.2) is 11.8 Å². The lowest BCUT2D eigenvalue weighted by atomic mass is 10.1. The third-order valence-electron chi connectivity index (χ3n) is 4.39. The number of unbranched alkanes of at least 4 members (excludes halogenated alkanes) is 12. The lowest BCUT2D eigenvalue weighted by Gasteiger charge is -2.05. The quantitative estimate of drug-likeness (QED) is 0.119. The van der Waals surface area contributed by atoms with Crippen molar-refractivity contribution >= 4 is 43.6 Å². The number of hydrogen-bond acceptors (Lipinski definition) is 5. The highest BCUT2D eigenvalue weighted by Gasteiger charge is 2.04. The molecule has 0 spiro atoms. The summed E-state index contributed by atoms with van der Waals surface area (Å²) >= 11 is 0. The zero-order valence-corrected chi connectivity index (χ0v) is 19.8. The van der Waals surface area contributed by atoms with Crippen molar-refractivity contribution in [2.75, 3.05) is 0 Å². The van der Waals surface area contributed by atoms with Gasteiger partial charge in [0, 0.05) is 44.6 Å². The molecule has 2 N–H and O–H groups in total. The minimum atomic E-state index is 0.0797. The molecule has 2 amide bonds. The molecule has 27 heavy (non-hydrogen) atoms. The maximum atomic E-state index is 11.7. The Kier molecular flexibility index (Phi) is 22.3. The minimum Gasteiger partial charge on any atom is -0.290 e. The topological polar surface area (TPSA) is 58.2 Å². The molecule has 0 unspecified atom stereocenters. The standard InChI is InChI=1S/C20H40N2O2S3/c1-3-5-7-9-11-13-15-17-19(23)21-25-27-26-22-20(24)18-16-14-12-10-8-6-4-2/h3-18H2,1-2H3,(H,21,23)(H,22,24). The summed E-state index contributed by atoms with van der Waals surface area (Å²) in [6.45, 7) is 4.44. The SMILES string of the molecule is CCCCCCCCCC(=O)NSSSNC(=O)CCCCCCCCC. The van der Waals surface area contributed by atoms with Gasteiger partial charge in [0.05, 0.1) is 0 Å². The van der Waals surface area contributed by atoms with Gasteiger partial charge in [-0.05, 0) is 12.8 Å². The Balaban J connectivity index is 3.29. The van der Waals surface area contributed by atoms with Crippen LogP contribution in [0.4, 0.5) is 0 Å². The molecule has 0 radical (unpaired) electrons. The van der Waals surface area contributed by atoms with Gasteiger partial charge in [-0.25, -0.2) is 0 Å². The number of carbonyl (C=O) groups excluding carboxylic acids is 2. The number of carbonyl (C=O) groups is 2. The zero-order chi connectivity index (χ0) is 20.0. The van der Waals surface area contributed by atoms with Gasteiger partial charge in [-0.1, -0.05) is 90.9 Å². The summed E-state index contributed by atoms with van der Waals surface area (Å²) in [5.74, 6) is 0.159. The predicted molar refractivity (Wildman–Crippen MR) is 124 cm³/mol. The van der Waals surface area contributed by atoms with Gasteiger partial charge in [-0.2, -0.15) is 0 Å². The normalized spacial score (nSPS) is 10.7. The second kappa shape index (κ2) is 22.3. The fourth-order valence-electron chi connectivity index (χ4n) is 2.73. The Labute approximate surface area is 179 Å². The van der Waals surface area contributed by atoms with Crippen molar-refractivity contribution in [1.82, 2.24) is 9.44 Å². The molecule has 0 aliphatic rings. The average molecular weight is 437 g/mol. The Bertz CT molecular complexity index is 326. The molecular formula is C20H40N2O2S3. The summed E-state index contributed by atoms with van der Waals surface area (Å²) < 4.78 is 5.63. The van der Waals surface area contributed by atoms with E-state index in [4.69, 9.17) is 0 Å². The smallest absolute Gasteiger partial charge is 0.230 e. The van der Waals surface area contributed by atoms with Crippen LogP contribution < -0.4 is 9.44 Å². The third kappa shape index (κ3) is 22.1. The number of amides is 2. The average Bonchev–Trinajstić information content (AvgIpc) is 2.66. The van der Waals surface area contributed by atoms with Crippen LogP contribution in [0.3, 0.4) is 0 Å². The Morgan fingerprint density at radius 2 is 0.889 bits per heavy atom. The van der Waals surface area contributed by atoms with Gasteiger partial charge in [0.15, 0.2) is 0 Å². The van der Waals surface area contributed by atoms with Crippen LogP contribution in [0.25, 0.3) is 0 Å². The van der Waals surface area contributed by atoms with Crippen LogP contribution >= 0.6 is 31.8 Å². The van der Waals surface area contributed by atoms with E-state index in [0.29, 0.717) is 12.8 Å². The van der Waals surface area contributed by atoms with Gasteiger partial charge in [0.25, 0.3) is 0 Å². The number of hydrogen-bond donors (Lipinski definition) is 2. The van der Waals surface area contributed by atoms with Crippen molar-refractivity contribution < 1.29 is 9.59 Å². The van der Waals surface area contributed by atoms with Gasteiger partial charge in [-0.3, -0.25) is 19.0 Å². The van der Waals surface area contributed by atoms with E-state index in [-0.39, 0.29) is 11.8 Å². The first kappa shape index (κ1) is 27.0. The highest BCUT2D eigenvalue weighted by molar-refractivity contribution is 9.08. The van der Waals surface area contributed by atoms with Crippen LogP contribution in [0.5, 0.6) is 0 Å². The van der Waals surface area contributed by atoms with E-state index in [9.17, 15) is 9.59 Å². The zero-order valence-electron chi connectivity index (χ0n) is 17.4. The lowest BCUT2D eigenvalue weighted by Crippen LogP contribution is -2.15. The van der Waals surface area contributed by atoms with Gasteiger partial charge in [0.2, 0.25) is 11.8 Å². The van der Waals surface area contributed by atoms with E-state index in [1.54, 1.807) is 0 Å². The highest BCUT2D eigenvalue weighted by atomic mass is 33.5. The second-order valence-corrected chi connectivity index (χ2v) is 10.5. The van der Waals surface area contributed by atoms with Crippen molar-refractivity contribution in [3.8, 4) is 0 Å². The molecular weight excluding hydrogens is 396 g/mol. The van der Waals surface area contributed by atoms with E-state index in [0.717, 1.165) is 25.7 Å². The largest absolute Gasteiger partial charge is 0.290 e. The molecule has 7 heteroatoms. The van der Waals surface area contributed by atoms with E-state index in [1.165, 1.54) is 96.0 Å². The van der Waals surface area contributed by atoms with Crippen molar-refractivity contribution in [2.24, 2.45) is 0 Å². The van der Waals surface area contributed by atoms with Crippen LogP contribution in [0.1, 0.15) is 117 Å². The van der Waals surface area contributed by atoms with Gasteiger partial charge >= 0.3 is 0 Å². The Morgan fingerprint density at radius 1 is 0.556 bits per heavy atom. The van der Waals surface area contributed by atoms with Crippen molar-refractivity contribution in [1.29, 1.82) is 0 Å². The second-order valence-electron chi connectivity index (χ2n) is 7.03. The molecule has 0 aliphatic heterocycles. The van der Waals surface area contributed by atoms with Crippen molar-refractivity contribution in [2.45, 2.75) is 117 Å². The van der Waals surface area contributed by atoms with E-state index >= 15 is 0 Å². The van der Waals surface area contributed by atoms with Crippen LogP contribution in [0.15, 0.2) is 0 Å². The van der Waals surface area contributed by atoms with Gasteiger partial charge in [-0.15, -0.1) is 0 Å². The Morgan fingerprint density at radius 3 is 1.26 bits per heavy atom. The fourth-order valence-corrected chi connectivity index (χ4v) is 5.01. The molecule has 0 atom stereocenters. The molecule has 0 bridgehead atoms. The summed E-state index contributed by atoms with van der Waals surface area (Å²) in [4.78, 5) is 23.4. The molecule has 4 nitrogen and oxygen atoms in total. The summed E-state index contributed by atoms with van der Waals surface area (Å²) in [6, 6.07) is 0. The molecule has 160 valence electrons. The molecule has 0 aromatic heterocycles. The fraction of sp³-hybridized carbons (Fsp3) is 0.900. The first-order chi connectivity index (χ1) is 13.2. The lowest BCUT2D eigenvalue weighted by molar-refractivity contribution is -0.120. The molecule has 0 rings (SSSR count). The van der Waals surface area contributed by atoms with Crippen molar-refractivity contribution in [3.05, 3.63) is 0 Å². The molecule has 0 fully saturated rings. The van der Waals surface area contributed by atoms with E-state index < -0.39 is 0 Å². The molecule has 0 heterocycles. The highest BCUT2D eigenvalue weighted by Crippen LogP contribution is 2.29. The Hall–Kier alpha value is -0.0100. The van der Waals surface area contributed by atoms with E-state index in [1.807, 2.05) is 0 Å². The number of rotatable bonds is 20. The third-order valence-corrected chi connectivity index (χ3v) is 7.28. The monoisotopic (exact) mass is 436 g/mol. The maximum absolute atomic E-state index is 11.7. The minimum absolute atomic E-state index is 0.0797. The predicted octanol–water partition coefficient (Wildman–Crippen LogP) is 7.36. The molecule has 0 aromatic carbocycles. The first-order valence-electron chi connectivity index (χ1n) is 10.8. The summed E-state index contributed by atoms with van der Waals surface area (Å²) in [5.41, 5.74) is 0. The number of nitrogens with one attached hydrogen (secondary N) is 2. The molecule has 0 saturated carbocycles. The van der Waals surface area contributed by atoms with Crippen LogP contribution in [0.2, 0.25) is 0 Å². The van der Waals surface area contributed by atoms with Crippen LogP contribution in [0, 0.1) is 0 Å². The van der Waals surface area contributed by atoms with E-state index in [2.05, 4.69) is 23.3 Å². The molecule has 0 aliphatic carbocycles.